The lowest BCUT2D eigenvalue weighted by molar-refractivity contribution is -0.113. The molecule has 0 atom stereocenters. The maximum Gasteiger partial charge on any atom is 0.277 e. The number of rotatable bonds is 7. The van der Waals surface area contributed by atoms with E-state index >= 15 is 0 Å². The number of aromatic nitrogens is 2. The number of amides is 1. The summed E-state index contributed by atoms with van der Waals surface area (Å²) >= 11 is 7.22. The van der Waals surface area contributed by atoms with E-state index < -0.39 is 0 Å². The molecular formula is C26H30ClN5O2S. The normalized spacial score (nSPS) is 17.5. The lowest BCUT2D eigenvalue weighted by atomic mass is 9.94. The zero-order valence-corrected chi connectivity index (χ0v) is 21.2. The number of nitrogens with zero attached hydrogens (tertiary/aromatic N) is 4. The van der Waals surface area contributed by atoms with Gasteiger partial charge in [0.25, 0.3) is 5.22 Å². The molecule has 2 aliphatic rings. The van der Waals surface area contributed by atoms with Crippen molar-refractivity contribution < 1.29 is 9.21 Å². The van der Waals surface area contributed by atoms with Crippen LogP contribution in [0.3, 0.4) is 0 Å². The minimum Gasteiger partial charge on any atom is -0.411 e. The van der Waals surface area contributed by atoms with E-state index in [1.54, 1.807) is 12.1 Å². The van der Waals surface area contributed by atoms with Crippen molar-refractivity contribution in [3.63, 3.8) is 0 Å². The average Bonchev–Trinajstić information content (AvgIpc) is 3.38. The average molecular weight is 512 g/mol. The predicted molar refractivity (Wildman–Crippen MR) is 141 cm³/mol. The van der Waals surface area contributed by atoms with Crippen molar-refractivity contribution in [2.45, 2.75) is 43.4 Å². The van der Waals surface area contributed by atoms with Gasteiger partial charge in [-0.25, -0.2) is 0 Å². The Labute approximate surface area is 215 Å². The SMILES string of the molecule is O=C(CSc1nnc(-c2cccc(Cl)c2)o1)Nc1ccc(N2CCN(C3CCCCC3)CC2)cc1. The molecule has 0 spiro atoms. The van der Waals surface area contributed by atoms with Gasteiger partial charge in [0.1, 0.15) is 0 Å². The highest BCUT2D eigenvalue weighted by Gasteiger charge is 2.25. The Bertz CT molecular complexity index is 1120. The number of nitrogens with one attached hydrogen (secondary N) is 1. The van der Waals surface area contributed by atoms with Crippen molar-refractivity contribution in [3.8, 4) is 11.5 Å². The van der Waals surface area contributed by atoms with Gasteiger partial charge < -0.3 is 14.6 Å². The van der Waals surface area contributed by atoms with Crippen molar-refractivity contribution >= 4 is 40.6 Å². The van der Waals surface area contributed by atoms with Gasteiger partial charge in [-0.3, -0.25) is 9.69 Å². The Morgan fingerprint density at radius 1 is 1.03 bits per heavy atom. The third-order valence-corrected chi connectivity index (χ3v) is 7.78. The van der Waals surface area contributed by atoms with Crippen LogP contribution in [0.15, 0.2) is 58.2 Å². The second-order valence-corrected chi connectivity index (χ2v) is 10.4. The molecule has 5 rings (SSSR count). The summed E-state index contributed by atoms with van der Waals surface area (Å²) in [5.41, 5.74) is 2.74. The van der Waals surface area contributed by atoms with Gasteiger partial charge in [-0.2, -0.15) is 0 Å². The van der Waals surface area contributed by atoms with Crippen molar-refractivity contribution in [3.05, 3.63) is 53.6 Å². The Hall–Kier alpha value is -2.55. The van der Waals surface area contributed by atoms with E-state index in [0.717, 1.165) is 43.5 Å². The smallest absolute Gasteiger partial charge is 0.277 e. The molecular weight excluding hydrogens is 482 g/mol. The first kappa shape index (κ1) is 24.2. The first-order chi connectivity index (χ1) is 17.1. The monoisotopic (exact) mass is 511 g/mol. The number of halogens is 1. The van der Waals surface area contributed by atoms with E-state index in [9.17, 15) is 4.79 Å². The maximum absolute atomic E-state index is 12.4. The summed E-state index contributed by atoms with van der Waals surface area (Å²) in [4.78, 5) is 17.5. The second-order valence-electron chi connectivity index (χ2n) is 9.08. The molecule has 2 heterocycles. The summed E-state index contributed by atoms with van der Waals surface area (Å²) in [5, 5.41) is 11.9. The molecule has 1 amide bonds. The largest absolute Gasteiger partial charge is 0.411 e. The van der Waals surface area contributed by atoms with Crippen LogP contribution in [0.1, 0.15) is 32.1 Å². The molecule has 1 N–H and O–H groups in total. The number of carbonyl (C=O) groups excluding carboxylic acids is 1. The Kier molecular flexibility index (Phi) is 7.91. The van der Waals surface area contributed by atoms with Crippen LogP contribution in [-0.2, 0) is 4.79 Å². The Balaban J connectivity index is 1.08. The van der Waals surface area contributed by atoms with Crippen molar-refractivity contribution in [1.29, 1.82) is 0 Å². The fraction of sp³-hybridized carbons (Fsp3) is 0.423. The number of benzene rings is 2. The number of hydrogen-bond acceptors (Lipinski definition) is 7. The van der Waals surface area contributed by atoms with Gasteiger partial charge in [0, 0.05) is 54.2 Å². The Morgan fingerprint density at radius 3 is 2.54 bits per heavy atom. The molecule has 1 aromatic heterocycles. The molecule has 2 fully saturated rings. The summed E-state index contributed by atoms with van der Waals surface area (Å²) in [7, 11) is 0. The summed E-state index contributed by atoms with van der Waals surface area (Å²) < 4.78 is 5.65. The molecule has 1 aliphatic carbocycles. The molecule has 9 heteroatoms. The van der Waals surface area contributed by atoms with Gasteiger partial charge in [-0.1, -0.05) is 48.7 Å². The number of anilines is 2. The maximum atomic E-state index is 12.4. The van der Waals surface area contributed by atoms with E-state index in [0.29, 0.717) is 16.1 Å². The predicted octanol–water partition coefficient (Wildman–Crippen LogP) is 5.58. The van der Waals surface area contributed by atoms with Crippen LogP contribution >= 0.6 is 23.4 Å². The third-order valence-electron chi connectivity index (χ3n) is 6.73. The highest BCUT2D eigenvalue weighted by atomic mass is 35.5. The number of thioether (sulfide) groups is 1. The van der Waals surface area contributed by atoms with Crippen LogP contribution in [0.2, 0.25) is 5.02 Å². The highest BCUT2D eigenvalue weighted by Crippen LogP contribution is 2.27. The number of carbonyl (C=O) groups is 1. The minimum absolute atomic E-state index is 0.119. The fourth-order valence-electron chi connectivity index (χ4n) is 4.88. The summed E-state index contributed by atoms with van der Waals surface area (Å²) in [5.74, 6) is 0.444. The van der Waals surface area contributed by atoms with Crippen LogP contribution in [0.25, 0.3) is 11.5 Å². The summed E-state index contributed by atoms with van der Waals surface area (Å²) in [6.07, 6.45) is 6.90. The second kappa shape index (κ2) is 11.5. The van der Waals surface area contributed by atoms with E-state index in [2.05, 4.69) is 37.4 Å². The molecule has 0 bridgehead atoms. The molecule has 0 unspecified atom stereocenters. The lowest BCUT2D eigenvalue weighted by Crippen LogP contribution is -2.50. The van der Waals surface area contributed by atoms with Gasteiger partial charge in [-0.15, -0.1) is 10.2 Å². The van der Waals surface area contributed by atoms with E-state index in [4.69, 9.17) is 16.0 Å². The quantitative estimate of drug-likeness (QED) is 0.415. The molecule has 0 radical (unpaired) electrons. The number of piperazine rings is 1. The van der Waals surface area contributed by atoms with Crippen molar-refractivity contribution in [2.24, 2.45) is 0 Å². The van der Waals surface area contributed by atoms with Crippen LogP contribution in [0, 0.1) is 0 Å². The highest BCUT2D eigenvalue weighted by molar-refractivity contribution is 7.99. The van der Waals surface area contributed by atoms with E-state index in [-0.39, 0.29) is 11.7 Å². The number of hydrogen-bond donors (Lipinski definition) is 1. The zero-order chi connectivity index (χ0) is 24.0. The van der Waals surface area contributed by atoms with E-state index in [1.165, 1.54) is 49.6 Å². The molecule has 7 nitrogen and oxygen atoms in total. The standard InChI is InChI=1S/C26H30ClN5O2S/c27-20-6-4-5-19(17-20)25-29-30-26(34-25)35-18-24(33)28-21-9-11-23(12-10-21)32-15-13-31(14-16-32)22-7-2-1-3-8-22/h4-6,9-12,17,22H,1-3,7-8,13-16,18H2,(H,28,33). The minimum atomic E-state index is -0.119. The van der Waals surface area contributed by atoms with Crippen LogP contribution in [0.5, 0.6) is 0 Å². The van der Waals surface area contributed by atoms with Crippen LogP contribution in [-0.4, -0.2) is 59.0 Å². The Morgan fingerprint density at radius 2 is 1.80 bits per heavy atom. The molecule has 2 aromatic carbocycles. The molecule has 1 saturated carbocycles. The van der Waals surface area contributed by atoms with E-state index in [1.807, 2.05) is 24.3 Å². The van der Waals surface area contributed by atoms with Crippen molar-refractivity contribution in [2.75, 3.05) is 42.1 Å². The lowest BCUT2D eigenvalue weighted by Gasteiger charge is -2.41. The molecule has 1 aliphatic heterocycles. The topological polar surface area (TPSA) is 74.5 Å². The van der Waals surface area contributed by atoms with Crippen LogP contribution in [0.4, 0.5) is 11.4 Å². The third kappa shape index (κ3) is 6.37. The molecule has 184 valence electrons. The fourth-order valence-corrected chi connectivity index (χ4v) is 5.63. The first-order valence-electron chi connectivity index (χ1n) is 12.3. The van der Waals surface area contributed by atoms with Gasteiger partial charge in [0.05, 0.1) is 5.75 Å². The van der Waals surface area contributed by atoms with Gasteiger partial charge in [0.15, 0.2) is 0 Å². The summed E-state index contributed by atoms with van der Waals surface area (Å²) in [6.45, 7) is 4.38. The van der Waals surface area contributed by atoms with Crippen molar-refractivity contribution in [1.82, 2.24) is 15.1 Å². The first-order valence-corrected chi connectivity index (χ1v) is 13.6. The molecule has 1 saturated heterocycles. The van der Waals surface area contributed by atoms with Gasteiger partial charge in [-0.05, 0) is 55.3 Å². The van der Waals surface area contributed by atoms with Crippen LogP contribution < -0.4 is 10.2 Å². The van der Waals surface area contributed by atoms with Gasteiger partial charge in [0.2, 0.25) is 11.8 Å². The summed E-state index contributed by atoms with van der Waals surface area (Å²) in [6, 6.07) is 16.1. The zero-order valence-electron chi connectivity index (χ0n) is 19.7. The van der Waals surface area contributed by atoms with Gasteiger partial charge >= 0.3 is 0 Å². The molecule has 35 heavy (non-hydrogen) atoms. The molecule has 3 aromatic rings.